The number of hydrogen-bond acceptors (Lipinski definition) is 7. The van der Waals surface area contributed by atoms with Crippen LogP contribution >= 0.6 is 11.8 Å². The first-order valence-corrected chi connectivity index (χ1v) is 10.8. The standard InChI is InChI=1S/C23H16F2N6OS/c1-14(22-27-20(30-32-22)15-9-11-26-12-10-15)33-23-29-28-21(16-5-3-2-4-6-16)31(23)19-8-7-17(24)13-18(19)25/h2-14H,1H3/t14-/m1/s1. The zero-order valence-corrected chi connectivity index (χ0v) is 18.1. The van der Waals surface area contributed by atoms with Gasteiger partial charge in [-0.05, 0) is 31.2 Å². The fourth-order valence-electron chi connectivity index (χ4n) is 3.23. The maximum Gasteiger partial charge on any atom is 0.240 e. The van der Waals surface area contributed by atoms with Crippen molar-refractivity contribution in [1.82, 2.24) is 29.9 Å². The minimum Gasteiger partial charge on any atom is -0.338 e. The lowest BCUT2D eigenvalue weighted by molar-refractivity contribution is 0.380. The van der Waals surface area contributed by atoms with Gasteiger partial charge in [-0.1, -0.05) is 47.3 Å². The molecule has 0 aliphatic rings. The second kappa shape index (κ2) is 8.91. The molecule has 3 heterocycles. The highest BCUT2D eigenvalue weighted by Crippen LogP contribution is 2.37. The zero-order chi connectivity index (χ0) is 22.8. The average molecular weight is 462 g/mol. The van der Waals surface area contributed by atoms with Crippen LogP contribution in [0, 0.1) is 11.6 Å². The molecule has 10 heteroatoms. The third kappa shape index (κ3) is 4.24. The Labute approximate surface area is 191 Å². The third-order valence-electron chi connectivity index (χ3n) is 4.83. The highest BCUT2D eigenvalue weighted by molar-refractivity contribution is 7.99. The minimum atomic E-state index is -0.723. The van der Waals surface area contributed by atoms with Crippen molar-refractivity contribution in [2.24, 2.45) is 0 Å². The van der Waals surface area contributed by atoms with E-state index in [1.165, 1.54) is 23.9 Å². The summed E-state index contributed by atoms with van der Waals surface area (Å²) < 4.78 is 35.3. The SMILES string of the molecule is C[C@@H](Sc1nnc(-c2ccccc2)n1-c1ccc(F)cc1F)c1nc(-c2ccncc2)no1. The van der Waals surface area contributed by atoms with Gasteiger partial charge in [0.05, 0.1) is 10.9 Å². The van der Waals surface area contributed by atoms with Gasteiger partial charge in [0.25, 0.3) is 0 Å². The molecule has 7 nitrogen and oxygen atoms in total. The molecule has 3 aromatic heterocycles. The molecule has 2 aromatic carbocycles. The first-order chi connectivity index (χ1) is 16.1. The average Bonchev–Trinajstić information content (AvgIpc) is 3.48. The second-order valence-corrected chi connectivity index (χ2v) is 8.36. The molecule has 1 atom stereocenters. The number of pyridine rings is 1. The van der Waals surface area contributed by atoms with Crippen LogP contribution in [-0.2, 0) is 0 Å². The van der Waals surface area contributed by atoms with Crippen molar-refractivity contribution in [2.75, 3.05) is 0 Å². The van der Waals surface area contributed by atoms with Crippen molar-refractivity contribution < 1.29 is 13.3 Å². The highest BCUT2D eigenvalue weighted by Gasteiger charge is 2.24. The predicted octanol–water partition coefficient (Wildman–Crippen LogP) is 5.51. The van der Waals surface area contributed by atoms with Crippen LogP contribution in [0.1, 0.15) is 18.1 Å². The molecule has 0 radical (unpaired) electrons. The lowest BCUT2D eigenvalue weighted by Crippen LogP contribution is -2.04. The number of aromatic nitrogens is 6. The molecule has 0 aliphatic carbocycles. The fraction of sp³-hybridized carbons (Fsp3) is 0.0870. The van der Waals surface area contributed by atoms with E-state index < -0.39 is 11.6 Å². The van der Waals surface area contributed by atoms with Crippen LogP contribution in [0.5, 0.6) is 0 Å². The quantitative estimate of drug-likeness (QED) is 0.308. The maximum absolute atomic E-state index is 14.8. The van der Waals surface area contributed by atoms with E-state index in [4.69, 9.17) is 4.52 Å². The smallest absolute Gasteiger partial charge is 0.240 e. The van der Waals surface area contributed by atoms with Crippen molar-refractivity contribution in [3.63, 3.8) is 0 Å². The van der Waals surface area contributed by atoms with Gasteiger partial charge in [-0.3, -0.25) is 9.55 Å². The highest BCUT2D eigenvalue weighted by atomic mass is 32.2. The molecule has 5 rings (SSSR count). The summed E-state index contributed by atoms with van der Waals surface area (Å²) in [5, 5.41) is 12.7. The Morgan fingerprint density at radius 1 is 0.939 bits per heavy atom. The number of halogens is 2. The van der Waals surface area contributed by atoms with E-state index in [2.05, 4.69) is 25.3 Å². The van der Waals surface area contributed by atoms with Crippen LogP contribution in [0.15, 0.2) is 82.7 Å². The molecular weight excluding hydrogens is 446 g/mol. The summed E-state index contributed by atoms with van der Waals surface area (Å²) in [7, 11) is 0. The van der Waals surface area contributed by atoms with Crippen molar-refractivity contribution in [3.05, 3.63) is 90.6 Å². The number of nitrogens with zero attached hydrogens (tertiary/aromatic N) is 6. The van der Waals surface area contributed by atoms with Gasteiger partial charge >= 0.3 is 0 Å². The molecule has 0 bridgehead atoms. The summed E-state index contributed by atoms with van der Waals surface area (Å²) in [5.41, 5.74) is 1.66. The van der Waals surface area contributed by atoms with Gasteiger partial charge in [0, 0.05) is 29.6 Å². The van der Waals surface area contributed by atoms with Crippen LogP contribution in [0.3, 0.4) is 0 Å². The van der Waals surface area contributed by atoms with E-state index in [0.717, 1.165) is 17.2 Å². The number of rotatable bonds is 6. The summed E-state index contributed by atoms with van der Waals surface area (Å²) in [4.78, 5) is 8.45. The molecule has 0 spiro atoms. The lowest BCUT2D eigenvalue weighted by atomic mass is 10.2. The fourth-order valence-corrected chi connectivity index (χ4v) is 4.12. The Kier molecular flexibility index (Phi) is 5.66. The van der Waals surface area contributed by atoms with Gasteiger partial charge in [0.15, 0.2) is 11.0 Å². The van der Waals surface area contributed by atoms with E-state index in [1.807, 2.05) is 37.3 Å². The van der Waals surface area contributed by atoms with Crippen LogP contribution in [0.4, 0.5) is 8.78 Å². The van der Waals surface area contributed by atoms with Crippen LogP contribution < -0.4 is 0 Å². The van der Waals surface area contributed by atoms with Gasteiger partial charge < -0.3 is 4.52 Å². The number of benzene rings is 2. The van der Waals surface area contributed by atoms with Crippen molar-refractivity contribution in [3.8, 4) is 28.5 Å². The van der Waals surface area contributed by atoms with Crippen LogP contribution in [0.25, 0.3) is 28.5 Å². The molecular formula is C23H16F2N6OS. The molecule has 0 N–H and O–H groups in total. The Morgan fingerprint density at radius 3 is 2.48 bits per heavy atom. The molecule has 0 fully saturated rings. The van der Waals surface area contributed by atoms with E-state index >= 15 is 0 Å². The van der Waals surface area contributed by atoms with Crippen molar-refractivity contribution in [2.45, 2.75) is 17.3 Å². The van der Waals surface area contributed by atoms with Crippen molar-refractivity contribution in [1.29, 1.82) is 0 Å². The minimum absolute atomic E-state index is 0.137. The summed E-state index contributed by atoms with van der Waals surface area (Å²) in [6.45, 7) is 1.87. The van der Waals surface area contributed by atoms with E-state index in [-0.39, 0.29) is 10.9 Å². The van der Waals surface area contributed by atoms with E-state index in [0.29, 0.717) is 22.7 Å². The molecule has 0 saturated heterocycles. The maximum atomic E-state index is 14.8. The Balaban J connectivity index is 1.52. The van der Waals surface area contributed by atoms with Crippen molar-refractivity contribution >= 4 is 11.8 Å². The van der Waals surface area contributed by atoms with Gasteiger partial charge in [0.1, 0.15) is 11.6 Å². The second-order valence-electron chi connectivity index (χ2n) is 7.06. The summed E-state index contributed by atoms with van der Waals surface area (Å²) in [6.07, 6.45) is 3.29. The largest absolute Gasteiger partial charge is 0.338 e. The topological polar surface area (TPSA) is 82.5 Å². The summed E-state index contributed by atoms with van der Waals surface area (Å²) >= 11 is 1.28. The van der Waals surface area contributed by atoms with Crippen LogP contribution in [-0.4, -0.2) is 29.9 Å². The number of hydrogen-bond donors (Lipinski definition) is 0. The first-order valence-electron chi connectivity index (χ1n) is 9.97. The van der Waals surface area contributed by atoms with Gasteiger partial charge in [-0.15, -0.1) is 10.2 Å². The number of thioether (sulfide) groups is 1. The Morgan fingerprint density at radius 2 is 1.73 bits per heavy atom. The molecule has 33 heavy (non-hydrogen) atoms. The normalized spacial score (nSPS) is 12.1. The molecule has 0 aliphatic heterocycles. The first kappa shape index (κ1) is 21.0. The summed E-state index contributed by atoms with van der Waals surface area (Å²) in [5.74, 6) is -0.140. The molecule has 5 aromatic rings. The monoisotopic (exact) mass is 462 g/mol. The Hall–Kier alpha value is -3.92. The molecule has 164 valence electrons. The van der Waals surface area contributed by atoms with Gasteiger partial charge in [0.2, 0.25) is 11.7 Å². The molecule has 0 amide bonds. The van der Waals surface area contributed by atoms with E-state index in [1.54, 1.807) is 29.1 Å². The summed E-state index contributed by atoms with van der Waals surface area (Å²) in [6, 6.07) is 16.2. The van der Waals surface area contributed by atoms with Gasteiger partial charge in [-0.25, -0.2) is 8.78 Å². The third-order valence-corrected chi connectivity index (χ3v) is 5.86. The zero-order valence-electron chi connectivity index (χ0n) is 17.3. The predicted molar refractivity (Wildman–Crippen MR) is 119 cm³/mol. The van der Waals surface area contributed by atoms with Gasteiger partial charge in [-0.2, -0.15) is 4.98 Å². The lowest BCUT2D eigenvalue weighted by Gasteiger charge is -2.12. The molecule has 0 saturated carbocycles. The van der Waals surface area contributed by atoms with E-state index in [9.17, 15) is 8.78 Å². The Bertz CT molecular complexity index is 1390. The van der Waals surface area contributed by atoms with Crippen LogP contribution in [0.2, 0.25) is 0 Å². The molecule has 0 unspecified atom stereocenters.